The molecule has 26 heavy (non-hydrogen) atoms. The van der Waals surface area contributed by atoms with Crippen LogP contribution in [0.1, 0.15) is 45.7 Å². The van der Waals surface area contributed by atoms with Gasteiger partial charge in [-0.15, -0.1) is 0 Å². The molecular formula is C19H28FN3O3. The summed E-state index contributed by atoms with van der Waals surface area (Å²) in [6.07, 6.45) is -0.800. The van der Waals surface area contributed by atoms with E-state index in [0.29, 0.717) is 13.0 Å². The number of amides is 2. The second kappa shape index (κ2) is 7.23. The van der Waals surface area contributed by atoms with Crippen molar-refractivity contribution < 1.29 is 19.1 Å². The van der Waals surface area contributed by atoms with Crippen LogP contribution in [0.5, 0.6) is 0 Å². The summed E-state index contributed by atoms with van der Waals surface area (Å²) < 4.78 is 14.7. The van der Waals surface area contributed by atoms with Gasteiger partial charge in [0.15, 0.2) is 0 Å². The van der Waals surface area contributed by atoms with E-state index >= 15 is 0 Å². The van der Waals surface area contributed by atoms with Crippen LogP contribution < -0.4 is 4.90 Å². The van der Waals surface area contributed by atoms with E-state index in [4.69, 9.17) is 0 Å². The van der Waals surface area contributed by atoms with Gasteiger partial charge >= 0.3 is 6.09 Å². The summed E-state index contributed by atoms with van der Waals surface area (Å²) >= 11 is 0. The first-order valence-electron chi connectivity index (χ1n) is 8.74. The highest BCUT2D eigenvalue weighted by Gasteiger charge is 2.44. The lowest BCUT2D eigenvalue weighted by Gasteiger charge is -2.36. The first-order valence-corrected chi connectivity index (χ1v) is 8.74. The lowest BCUT2D eigenvalue weighted by Crippen LogP contribution is -2.54. The van der Waals surface area contributed by atoms with Gasteiger partial charge in [-0.3, -0.25) is 9.69 Å². The summed E-state index contributed by atoms with van der Waals surface area (Å²) in [6, 6.07) is 4.10. The lowest BCUT2D eigenvalue weighted by atomic mass is 10.0. The molecule has 1 aromatic rings. The average Bonchev–Trinajstić information content (AvgIpc) is 2.86. The highest BCUT2D eigenvalue weighted by Crippen LogP contribution is 2.31. The molecule has 2 amide bonds. The first-order chi connectivity index (χ1) is 11.9. The zero-order chi connectivity index (χ0) is 19.8. The van der Waals surface area contributed by atoms with Gasteiger partial charge in [-0.05, 0) is 65.9 Å². The number of benzene rings is 1. The molecule has 0 spiro atoms. The Labute approximate surface area is 154 Å². The fourth-order valence-corrected chi connectivity index (χ4v) is 3.33. The number of carbonyl (C=O) groups is 2. The molecule has 1 aliphatic heterocycles. The predicted molar refractivity (Wildman–Crippen MR) is 98.9 cm³/mol. The van der Waals surface area contributed by atoms with Crippen molar-refractivity contribution in [2.24, 2.45) is 0 Å². The van der Waals surface area contributed by atoms with Crippen molar-refractivity contribution in [3.05, 3.63) is 29.6 Å². The molecule has 0 bridgehead atoms. The van der Waals surface area contributed by atoms with Crippen LogP contribution in [-0.2, 0) is 4.79 Å². The number of carboxylic acid groups (broad SMARTS) is 1. The van der Waals surface area contributed by atoms with Crippen LogP contribution in [0.3, 0.4) is 0 Å². The topological polar surface area (TPSA) is 64.1 Å². The third kappa shape index (κ3) is 3.82. The normalized spacial score (nSPS) is 19.2. The summed E-state index contributed by atoms with van der Waals surface area (Å²) in [6.45, 7) is 7.50. The quantitative estimate of drug-likeness (QED) is 0.889. The summed E-state index contributed by atoms with van der Waals surface area (Å²) in [5, 5.41) is 9.52. The van der Waals surface area contributed by atoms with E-state index in [1.807, 2.05) is 32.0 Å². The summed E-state index contributed by atoms with van der Waals surface area (Å²) in [5.41, 5.74) is 0.305. The average molecular weight is 365 g/mol. The SMILES string of the molecule is CC(c1ccc(N2CCC(N(C(=O)O)C(C)(C)C)C2=O)c(F)c1)N(C)C. The fourth-order valence-electron chi connectivity index (χ4n) is 3.33. The van der Waals surface area contributed by atoms with Crippen molar-refractivity contribution in [1.82, 2.24) is 9.80 Å². The van der Waals surface area contributed by atoms with Crippen molar-refractivity contribution >= 4 is 17.7 Å². The van der Waals surface area contributed by atoms with Crippen LogP contribution in [-0.4, -0.2) is 59.1 Å². The molecule has 2 atom stereocenters. The van der Waals surface area contributed by atoms with Crippen LogP contribution in [0.15, 0.2) is 18.2 Å². The highest BCUT2D eigenvalue weighted by atomic mass is 19.1. The summed E-state index contributed by atoms with van der Waals surface area (Å²) in [4.78, 5) is 29.0. The van der Waals surface area contributed by atoms with Gasteiger partial charge in [0, 0.05) is 18.1 Å². The van der Waals surface area contributed by atoms with Gasteiger partial charge in [0.25, 0.3) is 0 Å². The molecular weight excluding hydrogens is 337 g/mol. The summed E-state index contributed by atoms with van der Waals surface area (Å²) in [7, 11) is 3.83. The van der Waals surface area contributed by atoms with E-state index in [9.17, 15) is 19.1 Å². The molecule has 7 heteroatoms. The second-order valence-corrected chi connectivity index (χ2v) is 7.97. The zero-order valence-electron chi connectivity index (χ0n) is 16.3. The Balaban J connectivity index is 2.29. The molecule has 2 rings (SSSR count). The molecule has 1 aromatic carbocycles. The Kier molecular flexibility index (Phi) is 5.61. The number of halogens is 1. The molecule has 1 N–H and O–H groups in total. The standard InChI is InChI=1S/C19H28FN3O3/c1-12(21(5)6)13-7-8-15(14(20)11-13)22-10-9-16(17(22)24)23(18(25)26)19(2,3)4/h7-8,11-12,16H,9-10H2,1-6H3,(H,25,26). The molecule has 1 fully saturated rings. The van der Waals surface area contributed by atoms with Gasteiger partial charge in [-0.1, -0.05) is 6.07 Å². The van der Waals surface area contributed by atoms with Gasteiger partial charge in [0.05, 0.1) is 5.69 Å². The smallest absolute Gasteiger partial charge is 0.408 e. The van der Waals surface area contributed by atoms with Crippen LogP contribution in [0.2, 0.25) is 0 Å². The number of rotatable bonds is 4. The van der Waals surface area contributed by atoms with Crippen LogP contribution in [0, 0.1) is 5.82 Å². The molecule has 1 saturated heterocycles. The highest BCUT2D eigenvalue weighted by molar-refractivity contribution is 6.01. The zero-order valence-corrected chi connectivity index (χ0v) is 16.3. The first kappa shape index (κ1) is 20.2. The monoisotopic (exact) mass is 365 g/mol. The van der Waals surface area contributed by atoms with Crippen molar-refractivity contribution in [3.63, 3.8) is 0 Å². The van der Waals surface area contributed by atoms with E-state index in [1.54, 1.807) is 26.8 Å². The molecule has 144 valence electrons. The molecule has 0 aliphatic carbocycles. The van der Waals surface area contributed by atoms with E-state index in [1.165, 1.54) is 11.0 Å². The largest absolute Gasteiger partial charge is 0.465 e. The molecule has 0 saturated carbocycles. The van der Waals surface area contributed by atoms with Crippen molar-refractivity contribution in [2.75, 3.05) is 25.5 Å². The van der Waals surface area contributed by atoms with Crippen LogP contribution >= 0.6 is 0 Å². The Hall–Kier alpha value is -2.15. The van der Waals surface area contributed by atoms with Gasteiger partial charge in [-0.25, -0.2) is 9.18 Å². The fraction of sp³-hybridized carbons (Fsp3) is 0.579. The third-order valence-corrected chi connectivity index (χ3v) is 4.94. The molecule has 0 aromatic heterocycles. The predicted octanol–water partition coefficient (Wildman–Crippen LogP) is 3.33. The number of nitrogens with zero attached hydrogens (tertiary/aromatic N) is 3. The van der Waals surface area contributed by atoms with E-state index in [0.717, 1.165) is 10.5 Å². The summed E-state index contributed by atoms with van der Waals surface area (Å²) in [5.74, 6) is -0.850. The minimum Gasteiger partial charge on any atom is -0.465 e. The number of carbonyl (C=O) groups excluding carboxylic acids is 1. The maximum Gasteiger partial charge on any atom is 0.408 e. The number of anilines is 1. The van der Waals surface area contributed by atoms with Gasteiger partial charge < -0.3 is 14.9 Å². The van der Waals surface area contributed by atoms with Crippen molar-refractivity contribution in [2.45, 2.75) is 51.7 Å². The minimum absolute atomic E-state index is 0.0453. The Bertz CT molecular complexity index is 700. The van der Waals surface area contributed by atoms with Gasteiger partial charge in [0.1, 0.15) is 11.9 Å². The van der Waals surface area contributed by atoms with E-state index in [-0.39, 0.29) is 17.6 Å². The maximum atomic E-state index is 14.7. The second-order valence-electron chi connectivity index (χ2n) is 7.97. The molecule has 0 radical (unpaired) electrons. The maximum absolute atomic E-state index is 14.7. The molecule has 1 heterocycles. The third-order valence-electron chi connectivity index (χ3n) is 4.94. The number of hydrogen-bond donors (Lipinski definition) is 1. The van der Waals surface area contributed by atoms with Crippen LogP contribution in [0.4, 0.5) is 14.9 Å². The lowest BCUT2D eigenvalue weighted by molar-refractivity contribution is -0.122. The van der Waals surface area contributed by atoms with Gasteiger partial charge in [-0.2, -0.15) is 0 Å². The Morgan fingerprint density at radius 2 is 1.96 bits per heavy atom. The minimum atomic E-state index is -1.15. The van der Waals surface area contributed by atoms with Crippen LogP contribution in [0.25, 0.3) is 0 Å². The Morgan fingerprint density at radius 1 is 1.35 bits per heavy atom. The van der Waals surface area contributed by atoms with Gasteiger partial charge in [0.2, 0.25) is 5.91 Å². The Morgan fingerprint density at radius 3 is 2.42 bits per heavy atom. The molecule has 2 unspecified atom stereocenters. The molecule has 6 nitrogen and oxygen atoms in total. The molecule has 1 aliphatic rings. The van der Waals surface area contributed by atoms with E-state index < -0.39 is 23.5 Å². The van der Waals surface area contributed by atoms with E-state index in [2.05, 4.69) is 0 Å². The van der Waals surface area contributed by atoms with Crippen molar-refractivity contribution in [3.8, 4) is 0 Å². The van der Waals surface area contributed by atoms with Crippen molar-refractivity contribution in [1.29, 1.82) is 0 Å². The number of hydrogen-bond acceptors (Lipinski definition) is 3.